The van der Waals surface area contributed by atoms with Gasteiger partial charge in [-0.25, -0.2) is 0 Å². The summed E-state index contributed by atoms with van der Waals surface area (Å²) in [5.74, 6) is 0.800. The van der Waals surface area contributed by atoms with E-state index >= 15 is 0 Å². The van der Waals surface area contributed by atoms with Crippen LogP contribution >= 0.6 is 0 Å². The molecule has 4 nitrogen and oxygen atoms in total. The number of hydrogen-bond acceptors (Lipinski definition) is 3. The van der Waals surface area contributed by atoms with Gasteiger partial charge in [-0.05, 0) is 32.4 Å². The first kappa shape index (κ1) is 10.9. The van der Waals surface area contributed by atoms with Crippen LogP contribution in [0.5, 0.6) is 0 Å². The van der Waals surface area contributed by atoms with Crippen LogP contribution in [0, 0.1) is 11.8 Å². The molecule has 2 aliphatic heterocycles. The van der Waals surface area contributed by atoms with Crippen LogP contribution in [0.15, 0.2) is 0 Å². The minimum Gasteiger partial charge on any atom is -0.379 e. The zero-order chi connectivity index (χ0) is 10.9. The van der Waals surface area contributed by atoms with E-state index in [0.29, 0.717) is 12.5 Å². The second kappa shape index (κ2) is 4.10. The Morgan fingerprint density at radius 2 is 2.33 bits per heavy atom. The maximum atomic E-state index is 11.9. The lowest BCUT2D eigenvalue weighted by atomic mass is 9.87. The average Bonchev–Trinajstić information content (AvgIpc) is 2.48. The lowest BCUT2D eigenvalue weighted by Crippen LogP contribution is -2.54. The molecule has 2 unspecified atom stereocenters. The fraction of sp³-hybridized carbons (Fsp3) is 0.909. The van der Waals surface area contributed by atoms with Crippen LogP contribution in [0.3, 0.4) is 0 Å². The second-order valence-electron chi connectivity index (χ2n) is 5.06. The Morgan fingerprint density at radius 1 is 1.60 bits per heavy atom. The Balaban J connectivity index is 1.85. The summed E-state index contributed by atoms with van der Waals surface area (Å²) in [6.45, 7) is 7.43. The maximum absolute atomic E-state index is 11.9. The highest BCUT2D eigenvalue weighted by Gasteiger charge is 2.35. The predicted octanol–water partition coefficient (Wildman–Crippen LogP) is 0.137. The van der Waals surface area contributed by atoms with Crippen LogP contribution in [0.25, 0.3) is 0 Å². The van der Waals surface area contributed by atoms with E-state index in [9.17, 15) is 4.79 Å². The summed E-state index contributed by atoms with van der Waals surface area (Å²) < 4.78 is 5.31. The van der Waals surface area contributed by atoms with Crippen molar-refractivity contribution in [2.75, 3.05) is 26.3 Å². The van der Waals surface area contributed by atoms with Gasteiger partial charge in [-0.2, -0.15) is 0 Å². The van der Waals surface area contributed by atoms with Crippen molar-refractivity contribution < 1.29 is 9.53 Å². The molecule has 0 bridgehead atoms. The van der Waals surface area contributed by atoms with Crippen LogP contribution < -0.4 is 10.6 Å². The highest BCUT2D eigenvalue weighted by Crippen LogP contribution is 2.21. The van der Waals surface area contributed by atoms with Crippen molar-refractivity contribution in [3.63, 3.8) is 0 Å². The molecule has 0 aromatic carbocycles. The monoisotopic (exact) mass is 212 g/mol. The van der Waals surface area contributed by atoms with Crippen molar-refractivity contribution in [2.45, 2.75) is 25.8 Å². The third-order valence-corrected chi connectivity index (χ3v) is 3.58. The van der Waals surface area contributed by atoms with Gasteiger partial charge in [0, 0.05) is 12.5 Å². The maximum Gasteiger partial charge on any atom is 0.223 e. The van der Waals surface area contributed by atoms with Crippen LogP contribution in [-0.4, -0.2) is 37.7 Å². The Kier molecular flexibility index (Phi) is 2.98. The molecular weight excluding hydrogens is 192 g/mol. The molecule has 1 amide bonds. The molecule has 0 saturated carbocycles. The first-order valence-corrected chi connectivity index (χ1v) is 5.71. The summed E-state index contributed by atoms with van der Waals surface area (Å²) in [5.41, 5.74) is -0.136. The third-order valence-electron chi connectivity index (χ3n) is 3.58. The fourth-order valence-electron chi connectivity index (χ4n) is 2.06. The second-order valence-corrected chi connectivity index (χ2v) is 5.06. The summed E-state index contributed by atoms with van der Waals surface area (Å²) >= 11 is 0. The van der Waals surface area contributed by atoms with E-state index in [4.69, 9.17) is 4.74 Å². The molecule has 15 heavy (non-hydrogen) atoms. The average molecular weight is 212 g/mol. The summed E-state index contributed by atoms with van der Waals surface area (Å²) in [6.07, 6.45) is 0.925. The van der Waals surface area contributed by atoms with E-state index in [1.807, 2.05) is 6.92 Å². The molecular formula is C11H20N2O2. The van der Waals surface area contributed by atoms with Gasteiger partial charge in [-0.3, -0.25) is 4.79 Å². The smallest absolute Gasteiger partial charge is 0.223 e. The van der Waals surface area contributed by atoms with Crippen LogP contribution in [0.2, 0.25) is 0 Å². The van der Waals surface area contributed by atoms with Gasteiger partial charge in [0.25, 0.3) is 0 Å². The van der Waals surface area contributed by atoms with Gasteiger partial charge in [-0.1, -0.05) is 6.92 Å². The molecule has 2 fully saturated rings. The third kappa shape index (κ3) is 2.32. The highest BCUT2D eigenvalue weighted by atomic mass is 16.5. The molecule has 0 aliphatic carbocycles. The van der Waals surface area contributed by atoms with E-state index in [0.717, 1.165) is 26.1 Å². The molecule has 0 aromatic rings. The van der Waals surface area contributed by atoms with Gasteiger partial charge in [0.05, 0.1) is 12.1 Å². The first-order chi connectivity index (χ1) is 7.11. The van der Waals surface area contributed by atoms with Gasteiger partial charge in [0.15, 0.2) is 0 Å². The Bertz CT molecular complexity index is 245. The zero-order valence-corrected chi connectivity index (χ0v) is 9.51. The van der Waals surface area contributed by atoms with Gasteiger partial charge in [-0.15, -0.1) is 0 Å². The number of carbonyl (C=O) groups excluding carboxylic acids is 1. The summed E-state index contributed by atoms with van der Waals surface area (Å²) in [6, 6.07) is 0. The molecule has 0 radical (unpaired) electrons. The molecule has 0 aromatic heterocycles. The molecule has 2 atom stereocenters. The van der Waals surface area contributed by atoms with Crippen LogP contribution in [0.1, 0.15) is 20.3 Å². The standard InChI is InChI=1S/C11H20N2O2/c1-8(9-5-12-6-9)10(14)13-11(2)3-4-15-7-11/h8-9,12H,3-7H2,1-2H3,(H,13,14). The van der Waals surface area contributed by atoms with Crippen molar-refractivity contribution in [1.82, 2.24) is 10.6 Å². The van der Waals surface area contributed by atoms with E-state index in [-0.39, 0.29) is 17.4 Å². The van der Waals surface area contributed by atoms with E-state index in [1.54, 1.807) is 0 Å². The molecule has 2 N–H and O–H groups in total. The first-order valence-electron chi connectivity index (χ1n) is 5.71. The highest BCUT2D eigenvalue weighted by molar-refractivity contribution is 5.79. The van der Waals surface area contributed by atoms with E-state index < -0.39 is 0 Å². The van der Waals surface area contributed by atoms with Crippen LogP contribution in [0.4, 0.5) is 0 Å². The number of amides is 1. The molecule has 2 heterocycles. The Morgan fingerprint density at radius 3 is 2.80 bits per heavy atom. The van der Waals surface area contributed by atoms with Gasteiger partial charge >= 0.3 is 0 Å². The topological polar surface area (TPSA) is 50.4 Å². The molecule has 2 aliphatic rings. The summed E-state index contributed by atoms with van der Waals surface area (Å²) in [4.78, 5) is 11.9. The zero-order valence-electron chi connectivity index (χ0n) is 9.51. The lowest BCUT2D eigenvalue weighted by molar-refractivity contribution is -0.128. The normalized spacial score (nSPS) is 33.5. The largest absolute Gasteiger partial charge is 0.379 e. The Labute approximate surface area is 90.8 Å². The fourth-order valence-corrected chi connectivity index (χ4v) is 2.06. The van der Waals surface area contributed by atoms with Crippen molar-refractivity contribution in [1.29, 1.82) is 0 Å². The molecule has 4 heteroatoms. The summed E-state index contributed by atoms with van der Waals surface area (Å²) in [7, 11) is 0. The minimum atomic E-state index is -0.136. The molecule has 2 saturated heterocycles. The van der Waals surface area contributed by atoms with E-state index in [2.05, 4.69) is 17.6 Å². The van der Waals surface area contributed by atoms with Crippen molar-refractivity contribution in [3.8, 4) is 0 Å². The van der Waals surface area contributed by atoms with Crippen molar-refractivity contribution in [2.24, 2.45) is 11.8 Å². The number of hydrogen-bond donors (Lipinski definition) is 2. The number of carbonyl (C=O) groups is 1. The number of ether oxygens (including phenoxy) is 1. The van der Waals surface area contributed by atoms with Gasteiger partial charge in [0.2, 0.25) is 5.91 Å². The van der Waals surface area contributed by atoms with Gasteiger partial charge in [0.1, 0.15) is 0 Å². The minimum absolute atomic E-state index is 0.115. The molecule has 0 spiro atoms. The predicted molar refractivity (Wildman–Crippen MR) is 57.5 cm³/mol. The number of nitrogens with one attached hydrogen (secondary N) is 2. The number of rotatable bonds is 3. The van der Waals surface area contributed by atoms with Crippen molar-refractivity contribution in [3.05, 3.63) is 0 Å². The lowest BCUT2D eigenvalue weighted by Gasteiger charge is -2.34. The SMILES string of the molecule is CC(C(=O)NC1(C)CCOC1)C1CNC1. The molecule has 86 valence electrons. The van der Waals surface area contributed by atoms with Gasteiger partial charge < -0.3 is 15.4 Å². The van der Waals surface area contributed by atoms with Crippen molar-refractivity contribution >= 4 is 5.91 Å². The van der Waals surface area contributed by atoms with E-state index in [1.165, 1.54) is 0 Å². The molecule has 2 rings (SSSR count). The Hall–Kier alpha value is -0.610. The van der Waals surface area contributed by atoms with Crippen LogP contribution in [-0.2, 0) is 9.53 Å². The quantitative estimate of drug-likeness (QED) is 0.699. The summed E-state index contributed by atoms with van der Waals surface area (Å²) in [5, 5.41) is 6.31.